The molecule has 6 nitrogen and oxygen atoms in total. The summed E-state index contributed by atoms with van der Waals surface area (Å²) in [5, 5.41) is 6.81. The maximum absolute atomic E-state index is 12.0. The first-order valence-electron chi connectivity index (χ1n) is 6.68. The third kappa shape index (κ3) is 2.13. The number of rotatable bonds is 4. The van der Waals surface area contributed by atoms with Crippen LogP contribution in [0.3, 0.4) is 0 Å². The van der Waals surface area contributed by atoms with Crippen molar-refractivity contribution < 1.29 is 9.59 Å². The number of nitrogens with one attached hydrogen (secondary N) is 1. The number of urea groups is 1. The smallest absolute Gasteiger partial charge is 0.304 e. The maximum atomic E-state index is 12.0. The Labute approximate surface area is 126 Å². The average Bonchev–Trinajstić information content (AvgIpc) is 2.80. The molecule has 0 aliphatic carbocycles. The van der Waals surface area contributed by atoms with Crippen LogP contribution in [0, 0.1) is 0 Å². The molecule has 20 heavy (non-hydrogen) atoms. The molecule has 0 aromatic carbocycles. The van der Waals surface area contributed by atoms with Gasteiger partial charge in [0.05, 0.1) is 22.4 Å². The van der Waals surface area contributed by atoms with Gasteiger partial charge in [0, 0.05) is 7.05 Å². The molecule has 2 rings (SSSR count). The normalized spacial score (nSPS) is 22.6. The van der Waals surface area contributed by atoms with Crippen LogP contribution in [0.1, 0.15) is 38.6 Å². The number of carbonyl (C=O) groups excluding carboxylic acids is 2. The quantitative estimate of drug-likeness (QED) is 0.850. The summed E-state index contributed by atoms with van der Waals surface area (Å²) in [5.74, 6) is -0.237. The van der Waals surface area contributed by atoms with Crippen molar-refractivity contribution >= 4 is 27.9 Å². The van der Waals surface area contributed by atoms with Gasteiger partial charge in [-0.3, -0.25) is 14.8 Å². The molecule has 110 valence electrons. The number of aromatic nitrogens is 2. The van der Waals surface area contributed by atoms with E-state index in [9.17, 15) is 9.59 Å². The number of imide groups is 1. The van der Waals surface area contributed by atoms with E-state index < -0.39 is 5.54 Å². The summed E-state index contributed by atoms with van der Waals surface area (Å²) in [4.78, 5) is 25.6. The molecule has 0 saturated carbocycles. The van der Waals surface area contributed by atoms with E-state index in [0.717, 1.165) is 22.3 Å². The molecule has 1 fully saturated rings. The highest BCUT2D eigenvalue weighted by atomic mass is 79.9. The van der Waals surface area contributed by atoms with Gasteiger partial charge in [0.15, 0.2) is 0 Å². The Morgan fingerprint density at radius 1 is 1.35 bits per heavy atom. The van der Waals surface area contributed by atoms with Crippen LogP contribution in [0.15, 0.2) is 4.47 Å². The van der Waals surface area contributed by atoms with Crippen LogP contribution in [0.2, 0.25) is 0 Å². The van der Waals surface area contributed by atoms with Gasteiger partial charge in [-0.15, -0.1) is 0 Å². The molecule has 1 aromatic heterocycles. The first-order valence-corrected chi connectivity index (χ1v) is 7.47. The lowest BCUT2D eigenvalue weighted by Crippen LogP contribution is -2.46. The van der Waals surface area contributed by atoms with Crippen molar-refractivity contribution in [3.05, 3.63) is 15.9 Å². The zero-order valence-corrected chi connectivity index (χ0v) is 13.7. The highest BCUT2D eigenvalue weighted by molar-refractivity contribution is 9.10. The van der Waals surface area contributed by atoms with Crippen LogP contribution in [0.4, 0.5) is 4.79 Å². The SMILES string of the molecule is CCc1nn(C)c(CN2C(=O)NC(=O)C2(C)CC)c1Br. The fraction of sp³-hybridized carbons (Fsp3) is 0.615. The molecule has 7 heteroatoms. The number of aryl methyl sites for hydroxylation is 2. The summed E-state index contributed by atoms with van der Waals surface area (Å²) in [5.41, 5.74) is 1.05. The van der Waals surface area contributed by atoms with Crippen LogP contribution >= 0.6 is 15.9 Å². The van der Waals surface area contributed by atoms with E-state index in [4.69, 9.17) is 0 Å². The molecule has 1 aromatic rings. The minimum absolute atomic E-state index is 0.237. The van der Waals surface area contributed by atoms with Crippen molar-refractivity contribution in [2.24, 2.45) is 7.05 Å². The van der Waals surface area contributed by atoms with Gasteiger partial charge in [0.1, 0.15) is 5.54 Å². The van der Waals surface area contributed by atoms with Gasteiger partial charge in [-0.2, -0.15) is 5.10 Å². The van der Waals surface area contributed by atoms with Crippen molar-refractivity contribution in [1.82, 2.24) is 20.0 Å². The third-order valence-electron chi connectivity index (χ3n) is 4.05. The molecule has 3 amide bonds. The second-order valence-electron chi connectivity index (χ2n) is 5.16. The van der Waals surface area contributed by atoms with E-state index >= 15 is 0 Å². The molecule has 2 heterocycles. The Balaban J connectivity index is 2.36. The lowest BCUT2D eigenvalue weighted by molar-refractivity contribution is -0.126. The van der Waals surface area contributed by atoms with Gasteiger partial charge in [-0.25, -0.2) is 4.79 Å². The lowest BCUT2D eigenvalue weighted by Gasteiger charge is -2.30. The van der Waals surface area contributed by atoms with E-state index in [1.165, 1.54) is 0 Å². The van der Waals surface area contributed by atoms with Gasteiger partial charge in [0.2, 0.25) is 0 Å². The maximum Gasteiger partial charge on any atom is 0.325 e. The van der Waals surface area contributed by atoms with E-state index in [2.05, 4.69) is 26.3 Å². The zero-order chi connectivity index (χ0) is 15.1. The lowest BCUT2D eigenvalue weighted by atomic mass is 9.97. The van der Waals surface area contributed by atoms with Gasteiger partial charge in [-0.05, 0) is 35.7 Å². The second-order valence-corrected chi connectivity index (χ2v) is 5.95. The molecule has 1 atom stereocenters. The fourth-order valence-corrected chi connectivity index (χ4v) is 3.13. The largest absolute Gasteiger partial charge is 0.325 e. The standard InChI is InChI=1S/C13H19BrN4O2/c1-5-8-10(14)9(17(4)16-8)7-18-12(20)15-11(19)13(18,3)6-2/h5-7H2,1-4H3,(H,15,19,20). The van der Waals surface area contributed by atoms with Gasteiger partial charge in [0.25, 0.3) is 5.91 Å². The van der Waals surface area contributed by atoms with E-state index in [0.29, 0.717) is 13.0 Å². The summed E-state index contributed by atoms with van der Waals surface area (Å²) in [6.07, 6.45) is 1.38. The first kappa shape index (κ1) is 15.0. The van der Waals surface area contributed by atoms with Crippen LogP contribution in [-0.2, 0) is 24.8 Å². The number of hydrogen-bond donors (Lipinski definition) is 1. The van der Waals surface area contributed by atoms with Crippen LogP contribution < -0.4 is 5.32 Å². The molecule has 1 unspecified atom stereocenters. The average molecular weight is 343 g/mol. The number of amides is 3. The van der Waals surface area contributed by atoms with Crippen molar-refractivity contribution in [1.29, 1.82) is 0 Å². The molecular weight excluding hydrogens is 324 g/mol. The minimum Gasteiger partial charge on any atom is -0.304 e. The highest BCUT2D eigenvalue weighted by Gasteiger charge is 2.48. The second kappa shape index (κ2) is 5.20. The molecule has 1 saturated heterocycles. The minimum atomic E-state index is -0.798. The fourth-order valence-electron chi connectivity index (χ4n) is 2.39. The monoisotopic (exact) mass is 342 g/mol. The first-order chi connectivity index (χ1) is 9.35. The molecule has 1 aliphatic heterocycles. The predicted octanol–water partition coefficient (Wildman–Crippen LogP) is 1.97. The van der Waals surface area contributed by atoms with Crippen molar-refractivity contribution in [3.63, 3.8) is 0 Å². The Morgan fingerprint density at radius 2 is 2.00 bits per heavy atom. The van der Waals surface area contributed by atoms with E-state index in [1.807, 2.05) is 20.9 Å². The Morgan fingerprint density at radius 3 is 2.50 bits per heavy atom. The number of nitrogens with zero attached hydrogens (tertiary/aromatic N) is 3. The van der Waals surface area contributed by atoms with Crippen LogP contribution in [-0.4, -0.2) is 32.2 Å². The number of carbonyl (C=O) groups is 2. The Kier molecular flexibility index (Phi) is 3.90. The highest BCUT2D eigenvalue weighted by Crippen LogP contribution is 2.30. The molecule has 0 spiro atoms. The van der Waals surface area contributed by atoms with Crippen molar-refractivity contribution in [3.8, 4) is 0 Å². The van der Waals surface area contributed by atoms with E-state index in [-0.39, 0.29) is 11.9 Å². The Hall–Kier alpha value is -1.37. The van der Waals surface area contributed by atoms with Gasteiger partial charge < -0.3 is 4.90 Å². The predicted molar refractivity (Wildman–Crippen MR) is 78.1 cm³/mol. The molecule has 1 aliphatic rings. The van der Waals surface area contributed by atoms with Gasteiger partial charge in [-0.1, -0.05) is 13.8 Å². The van der Waals surface area contributed by atoms with Gasteiger partial charge >= 0.3 is 6.03 Å². The van der Waals surface area contributed by atoms with Crippen molar-refractivity contribution in [2.45, 2.75) is 45.7 Å². The topological polar surface area (TPSA) is 67.2 Å². The number of hydrogen-bond acceptors (Lipinski definition) is 3. The summed E-state index contributed by atoms with van der Waals surface area (Å²) in [6, 6.07) is -0.342. The summed E-state index contributed by atoms with van der Waals surface area (Å²) < 4.78 is 2.67. The van der Waals surface area contributed by atoms with Crippen LogP contribution in [0.25, 0.3) is 0 Å². The van der Waals surface area contributed by atoms with Crippen molar-refractivity contribution in [2.75, 3.05) is 0 Å². The van der Waals surface area contributed by atoms with Crippen LogP contribution in [0.5, 0.6) is 0 Å². The molecule has 1 N–H and O–H groups in total. The third-order valence-corrected chi connectivity index (χ3v) is 4.97. The summed E-state index contributed by atoms with van der Waals surface area (Å²) >= 11 is 3.54. The molecular formula is C13H19BrN4O2. The molecule has 0 radical (unpaired) electrons. The molecule has 0 bridgehead atoms. The zero-order valence-electron chi connectivity index (χ0n) is 12.2. The number of halogens is 1. The van der Waals surface area contributed by atoms with E-state index in [1.54, 1.807) is 16.5 Å². The Bertz CT molecular complexity index is 569. The summed E-state index contributed by atoms with van der Waals surface area (Å²) in [7, 11) is 1.85. The summed E-state index contributed by atoms with van der Waals surface area (Å²) in [6.45, 7) is 6.07.